The molecule has 0 unspecified atom stereocenters. The molecule has 0 aliphatic rings. The van der Waals surface area contributed by atoms with Crippen LogP contribution in [0.1, 0.15) is 20.3 Å². The van der Waals surface area contributed by atoms with Crippen molar-refractivity contribution in [3.8, 4) is 0 Å². The van der Waals surface area contributed by atoms with Crippen LogP contribution < -0.4 is 0 Å². The van der Waals surface area contributed by atoms with E-state index in [0.717, 1.165) is 4.90 Å². The number of esters is 1. The summed E-state index contributed by atoms with van der Waals surface area (Å²) >= 11 is 1.64. The fourth-order valence-electron chi connectivity index (χ4n) is 1.67. The monoisotopic (exact) mass is 295 g/mol. The van der Waals surface area contributed by atoms with Crippen molar-refractivity contribution in [1.82, 2.24) is 4.90 Å². The van der Waals surface area contributed by atoms with Crippen molar-refractivity contribution < 1.29 is 14.3 Å². The zero-order valence-corrected chi connectivity index (χ0v) is 12.8. The maximum Gasteiger partial charge on any atom is 0.325 e. The standard InChI is InChI=1S/C15H21NO3S/c1-3-16(12-15(18)19-4-2)14(17)10-11-20-13-8-6-5-7-9-13/h5-9H,3-4,10-12H2,1-2H3. The summed E-state index contributed by atoms with van der Waals surface area (Å²) in [5, 5.41) is 0. The maximum absolute atomic E-state index is 12.0. The van der Waals surface area contributed by atoms with E-state index in [-0.39, 0.29) is 18.4 Å². The van der Waals surface area contributed by atoms with E-state index in [0.29, 0.717) is 25.3 Å². The fraction of sp³-hybridized carbons (Fsp3) is 0.467. The highest BCUT2D eigenvalue weighted by Gasteiger charge is 2.15. The lowest BCUT2D eigenvalue weighted by atomic mass is 10.3. The Morgan fingerprint density at radius 3 is 2.50 bits per heavy atom. The molecule has 20 heavy (non-hydrogen) atoms. The molecule has 0 atom stereocenters. The van der Waals surface area contributed by atoms with Crippen LogP contribution in [-0.2, 0) is 14.3 Å². The Hall–Kier alpha value is -1.49. The summed E-state index contributed by atoms with van der Waals surface area (Å²) < 4.78 is 4.86. The van der Waals surface area contributed by atoms with E-state index in [4.69, 9.17) is 4.74 Å². The van der Waals surface area contributed by atoms with Crippen LogP contribution in [0.15, 0.2) is 35.2 Å². The molecule has 0 heterocycles. The van der Waals surface area contributed by atoms with Gasteiger partial charge in [0.15, 0.2) is 0 Å². The Morgan fingerprint density at radius 1 is 1.20 bits per heavy atom. The number of benzene rings is 1. The fourth-order valence-corrected chi connectivity index (χ4v) is 2.53. The summed E-state index contributed by atoms with van der Waals surface area (Å²) in [6.45, 7) is 4.52. The normalized spacial score (nSPS) is 10.1. The van der Waals surface area contributed by atoms with Crippen LogP contribution in [-0.4, -0.2) is 42.2 Å². The molecule has 1 aromatic rings. The second-order valence-corrected chi connectivity index (χ2v) is 5.29. The Labute approximate surface area is 124 Å². The van der Waals surface area contributed by atoms with E-state index in [1.165, 1.54) is 4.90 Å². The van der Waals surface area contributed by atoms with Crippen LogP contribution in [0.25, 0.3) is 0 Å². The van der Waals surface area contributed by atoms with Gasteiger partial charge in [0, 0.05) is 23.6 Å². The van der Waals surface area contributed by atoms with Gasteiger partial charge in [0.1, 0.15) is 6.54 Å². The van der Waals surface area contributed by atoms with Gasteiger partial charge in [0.2, 0.25) is 5.91 Å². The molecular weight excluding hydrogens is 274 g/mol. The Bertz CT molecular complexity index is 422. The molecule has 1 rings (SSSR count). The molecule has 0 aliphatic carbocycles. The average molecular weight is 295 g/mol. The van der Waals surface area contributed by atoms with Gasteiger partial charge in [-0.2, -0.15) is 0 Å². The van der Waals surface area contributed by atoms with Gasteiger partial charge >= 0.3 is 5.97 Å². The smallest absolute Gasteiger partial charge is 0.325 e. The molecule has 1 amide bonds. The summed E-state index contributed by atoms with van der Waals surface area (Å²) in [4.78, 5) is 26.1. The highest BCUT2D eigenvalue weighted by molar-refractivity contribution is 7.99. The zero-order chi connectivity index (χ0) is 14.8. The van der Waals surface area contributed by atoms with Crippen LogP contribution in [0, 0.1) is 0 Å². The highest BCUT2D eigenvalue weighted by atomic mass is 32.2. The minimum Gasteiger partial charge on any atom is -0.465 e. The van der Waals surface area contributed by atoms with E-state index in [1.54, 1.807) is 18.7 Å². The molecule has 0 spiro atoms. The number of likely N-dealkylation sites (N-methyl/N-ethyl adjacent to an activating group) is 1. The van der Waals surface area contributed by atoms with Crippen molar-refractivity contribution in [3.63, 3.8) is 0 Å². The van der Waals surface area contributed by atoms with Gasteiger partial charge in [-0.1, -0.05) is 18.2 Å². The number of amides is 1. The Morgan fingerprint density at radius 2 is 1.90 bits per heavy atom. The van der Waals surface area contributed by atoms with E-state index in [2.05, 4.69) is 0 Å². The second-order valence-electron chi connectivity index (χ2n) is 4.12. The van der Waals surface area contributed by atoms with Crippen LogP contribution >= 0.6 is 11.8 Å². The van der Waals surface area contributed by atoms with Crippen LogP contribution in [0.3, 0.4) is 0 Å². The number of thioether (sulfide) groups is 1. The van der Waals surface area contributed by atoms with E-state index in [1.807, 2.05) is 37.3 Å². The average Bonchev–Trinajstić information content (AvgIpc) is 2.46. The molecule has 0 radical (unpaired) electrons. The molecule has 0 saturated carbocycles. The van der Waals surface area contributed by atoms with Gasteiger partial charge in [0.05, 0.1) is 6.61 Å². The molecule has 1 aromatic carbocycles. The quantitative estimate of drug-likeness (QED) is 0.546. The first kappa shape index (κ1) is 16.6. The van der Waals surface area contributed by atoms with E-state index >= 15 is 0 Å². The first-order chi connectivity index (χ1) is 9.67. The van der Waals surface area contributed by atoms with Crippen molar-refractivity contribution in [1.29, 1.82) is 0 Å². The number of carbonyl (C=O) groups is 2. The predicted octanol–water partition coefficient (Wildman–Crippen LogP) is 2.58. The second kappa shape index (κ2) is 9.42. The Kier molecular flexibility index (Phi) is 7.80. The van der Waals surface area contributed by atoms with Crippen molar-refractivity contribution in [2.45, 2.75) is 25.2 Å². The van der Waals surface area contributed by atoms with Crippen molar-refractivity contribution in [2.24, 2.45) is 0 Å². The maximum atomic E-state index is 12.0. The van der Waals surface area contributed by atoms with Crippen molar-refractivity contribution in [3.05, 3.63) is 30.3 Å². The number of carbonyl (C=O) groups excluding carboxylic acids is 2. The largest absolute Gasteiger partial charge is 0.465 e. The summed E-state index contributed by atoms with van der Waals surface area (Å²) in [7, 11) is 0. The third kappa shape index (κ3) is 6.10. The summed E-state index contributed by atoms with van der Waals surface area (Å²) in [5.74, 6) is 0.352. The molecule has 0 saturated heterocycles. The van der Waals surface area contributed by atoms with Crippen LogP contribution in [0.2, 0.25) is 0 Å². The molecule has 0 aromatic heterocycles. The van der Waals surface area contributed by atoms with Gasteiger partial charge in [-0.25, -0.2) is 0 Å². The molecule has 5 heteroatoms. The van der Waals surface area contributed by atoms with E-state index < -0.39 is 0 Å². The van der Waals surface area contributed by atoms with Gasteiger partial charge in [-0.15, -0.1) is 11.8 Å². The lowest BCUT2D eigenvalue weighted by Gasteiger charge is -2.19. The summed E-state index contributed by atoms with van der Waals surface area (Å²) in [5.41, 5.74) is 0. The number of ether oxygens (including phenoxy) is 1. The molecule has 0 bridgehead atoms. The SMILES string of the molecule is CCOC(=O)CN(CC)C(=O)CCSc1ccccc1. The number of hydrogen-bond donors (Lipinski definition) is 0. The summed E-state index contributed by atoms with van der Waals surface area (Å²) in [6, 6.07) is 9.95. The highest BCUT2D eigenvalue weighted by Crippen LogP contribution is 2.18. The lowest BCUT2D eigenvalue weighted by molar-refractivity contribution is -0.148. The number of hydrogen-bond acceptors (Lipinski definition) is 4. The summed E-state index contributed by atoms with van der Waals surface area (Å²) in [6.07, 6.45) is 0.423. The molecule has 0 N–H and O–H groups in total. The number of nitrogens with zero attached hydrogens (tertiary/aromatic N) is 1. The zero-order valence-electron chi connectivity index (χ0n) is 12.0. The molecule has 4 nitrogen and oxygen atoms in total. The topological polar surface area (TPSA) is 46.6 Å². The first-order valence-electron chi connectivity index (χ1n) is 6.78. The Balaban J connectivity index is 2.34. The van der Waals surface area contributed by atoms with Crippen molar-refractivity contribution in [2.75, 3.05) is 25.4 Å². The molecular formula is C15H21NO3S. The minimum absolute atomic E-state index is 0.0102. The molecule has 110 valence electrons. The van der Waals surface area contributed by atoms with E-state index in [9.17, 15) is 9.59 Å². The third-order valence-corrected chi connectivity index (χ3v) is 3.70. The third-order valence-electron chi connectivity index (χ3n) is 2.69. The lowest BCUT2D eigenvalue weighted by Crippen LogP contribution is -2.36. The van der Waals surface area contributed by atoms with Gasteiger partial charge in [-0.3, -0.25) is 9.59 Å². The first-order valence-corrected chi connectivity index (χ1v) is 7.77. The van der Waals surface area contributed by atoms with Crippen LogP contribution in [0.5, 0.6) is 0 Å². The predicted molar refractivity (Wildman–Crippen MR) is 80.7 cm³/mol. The molecule has 0 aliphatic heterocycles. The van der Waals surface area contributed by atoms with Gasteiger partial charge in [-0.05, 0) is 26.0 Å². The van der Waals surface area contributed by atoms with Gasteiger partial charge in [0.25, 0.3) is 0 Å². The van der Waals surface area contributed by atoms with Gasteiger partial charge < -0.3 is 9.64 Å². The van der Waals surface area contributed by atoms with Crippen molar-refractivity contribution >= 4 is 23.6 Å². The minimum atomic E-state index is -0.349. The molecule has 0 fully saturated rings. The van der Waals surface area contributed by atoms with Crippen LogP contribution in [0.4, 0.5) is 0 Å². The number of rotatable bonds is 8.